The zero-order valence-electron chi connectivity index (χ0n) is 23.6. The van der Waals surface area contributed by atoms with Gasteiger partial charge in [0, 0.05) is 35.9 Å². The van der Waals surface area contributed by atoms with E-state index in [1.165, 1.54) is 6.07 Å². The van der Waals surface area contributed by atoms with Crippen LogP contribution in [0.2, 0.25) is 0 Å². The molecule has 0 spiro atoms. The van der Waals surface area contributed by atoms with Gasteiger partial charge in [0.15, 0.2) is 9.84 Å². The number of rotatable bonds is 9. The fraction of sp³-hybridized carbons (Fsp3) is 0.367. The molecule has 2 aromatic carbocycles. The number of nitrogens with zero attached hydrogens (tertiary/aromatic N) is 3. The fourth-order valence-corrected chi connectivity index (χ4v) is 6.86. The van der Waals surface area contributed by atoms with Crippen molar-refractivity contribution in [1.29, 1.82) is 0 Å². The molecular weight excluding hydrogens is 586 g/mol. The van der Waals surface area contributed by atoms with Gasteiger partial charge >= 0.3 is 6.18 Å². The number of hydrogen-bond acceptors (Lipinski definition) is 8. The number of hydrogen-bond donors (Lipinski definition) is 2. The van der Waals surface area contributed by atoms with Gasteiger partial charge in [-0.3, -0.25) is 0 Å². The summed E-state index contributed by atoms with van der Waals surface area (Å²) < 4.78 is 86.0. The molecule has 0 radical (unpaired) electrons. The highest BCUT2D eigenvalue weighted by atomic mass is 32.2. The van der Waals surface area contributed by atoms with E-state index >= 15 is 4.39 Å². The SMILES string of the molecule is Cc1ccc2c(CS(=O)(=O)C[C@H](C)C(F)(F)F)c(F)ccc2c1Oc1ncccc1-c1ccnc(N[C@H]2CCCNC2)n1. The van der Waals surface area contributed by atoms with Crippen LogP contribution in [0.15, 0.2) is 54.9 Å². The Balaban J connectivity index is 1.48. The predicted molar refractivity (Wildman–Crippen MR) is 156 cm³/mol. The van der Waals surface area contributed by atoms with Crippen LogP contribution in [0.3, 0.4) is 0 Å². The average Bonchev–Trinajstić information content (AvgIpc) is 2.96. The maximum Gasteiger partial charge on any atom is 0.392 e. The second-order valence-corrected chi connectivity index (χ2v) is 12.9. The normalized spacial score (nSPS) is 16.7. The minimum atomic E-state index is -4.68. The first-order valence-electron chi connectivity index (χ1n) is 13.8. The molecule has 2 aromatic heterocycles. The van der Waals surface area contributed by atoms with Gasteiger partial charge in [0.2, 0.25) is 11.8 Å². The molecule has 13 heteroatoms. The highest BCUT2D eigenvalue weighted by Gasteiger charge is 2.39. The van der Waals surface area contributed by atoms with Crippen molar-refractivity contribution in [3.05, 3.63) is 71.8 Å². The molecule has 1 saturated heterocycles. The molecular formula is C30H31F4N5O3S. The average molecular weight is 618 g/mol. The van der Waals surface area contributed by atoms with Gasteiger partial charge in [0.25, 0.3) is 0 Å². The fourth-order valence-electron chi connectivity index (χ4n) is 5.06. The Kier molecular flexibility index (Phi) is 8.84. The molecule has 1 aliphatic rings. The van der Waals surface area contributed by atoms with Crippen LogP contribution in [0.25, 0.3) is 22.0 Å². The van der Waals surface area contributed by atoms with E-state index in [0.29, 0.717) is 33.9 Å². The third-order valence-corrected chi connectivity index (χ3v) is 9.10. The number of nitrogens with one attached hydrogen (secondary N) is 2. The van der Waals surface area contributed by atoms with Crippen LogP contribution in [-0.4, -0.2) is 54.4 Å². The molecule has 5 rings (SSSR count). The molecule has 0 aliphatic carbocycles. The van der Waals surface area contributed by atoms with Crippen molar-refractivity contribution in [2.24, 2.45) is 5.92 Å². The molecule has 8 nitrogen and oxygen atoms in total. The number of benzene rings is 2. The molecule has 2 atom stereocenters. The monoisotopic (exact) mass is 617 g/mol. The lowest BCUT2D eigenvalue weighted by molar-refractivity contribution is -0.163. The molecule has 228 valence electrons. The Morgan fingerprint density at radius 2 is 1.88 bits per heavy atom. The predicted octanol–water partition coefficient (Wildman–Crippen LogP) is 6.21. The van der Waals surface area contributed by atoms with Crippen molar-refractivity contribution in [2.45, 2.75) is 44.7 Å². The summed E-state index contributed by atoms with van der Waals surface area (Å²) in [5.74, 6) is -3.98. The number of pyridine rings is 1. The van der Waals surface area contributed by atoms with Crippen molar-refractivity contribution in [3.63, 3.8) is 0 Å². The highest BCUT2D eigenvalue weighted by molar-refractivity contribution is 7.90. The largest absolute Gasteiger partial charge is 0.437 e. The van der Waals surface area contributed by atoms with Crippen LogP contribution in [-0.2, 0) is 15.6 Å². The van der Waals surface area contributed by atoms with Crippen molar-refractivity contribution in [3.8, 4) is 22.9 Å². The van der Waals surface area contributed by atoms with Crippen LogP contribution >= 0.6 is 0 Å². The van der Waals surface area contributed by atoms with E-state index in [1.54, 1.807) is 49.6 Å². The van der Waals surface area contributed by atoms with E-state index in [-0.39, 0.29) is 22.9 Å². The summed E-state index contributed by atoms with van der Waals surface area (Å²) in [4.78, 5) is 13.4. The number of alkyl halides is 3. The molecule has 0 amide bonds. The summed E-state index contributed by atoms with van der Waals surface area (Å²) in [7, 11) is -4.31. The summed E-state index contributed by atoms with van der Waals surface area (Å²) in [6.07, 6.45) is 0.541. The molecule has 0 bridgehead atoms. The summed E-state index contributed by atoms with van der Waals surface area (Å²) in [6, 6.07) is 11.2. The molecule has 1 aliphatic heterocycles. The van der Waals surface area contributed by atoms with Crippen LogP contribution in [0, 0.1) is 18.7 Å². The van der Waals surface area contributed by atoms with E-state index in [2.05, 4.69) is 25.6 Å². The molecule has 3 heterocycles. The number of piperidine rings is 1. The van der Waals surface area contributed by atoms with Gasteiger partial charge in [0.1, 0.15) is 11.6 Å². The quantitative estimate of drug-likeness (QED) is 0.214. The smallest absolute Gasteiger partial charge is 0.392 e. The summed E-state index contributed by atoms with van der Waals surface area (Å²) in [6.45, 7) is 4.35. The molecule has 43 heavy (non-hydrogen) atoms. The Hall–Kier alpha value is -3.84. The summed E-state index contributed by atoms with van der Waals surface area (Å²) in [5.41, 5.74) is 1.56. The Bertz CT molecular complexity index is 1730. The second-order valence-electron chi connectivity index (χ2n) is 10.7. The molecule has 0 saturated carbocycles. The van der Waals surface area contributed by atoms with Crippen molar-refractivity contribution >= 4 is 26.6 Å². The minimum absolute atomic E-state index is 0.196. The number of anilines is 1. The van der Waals surface area contributed by atoms with Crippen LogP contribution in [0.5, 0.6) is 11.6 Å². The zero-order chi connectivity index (χ0) is 30.8. The number of ether oxygens (including phenoxy) is 1. The van der Waals surface area contributed by atoms with Gasteiger partial charge in [-0.25, -0.2) is 27.8 Å². The summed E-state index contributed by atoms with van der Waals surface area (Å²) >= 11 is 0. The number of aryl methyl sites for hydroxylation is 1. The van der Waals surface area contributed by atoms with Gasteiger partial charge < -0.3 is 15.4 Å². The third kappa shape index (κ3) is 7.21. The van der Waals surface area contributed by atoms with E-state index < -0.39 is 39.3 Å². The molecule has 2 N–H and O–H groups in total. The maximum absolute atomic E-state index is 15.0. The highest BCUT2D eigenvalue weighted by Crippen LogP contribution is 2.39. The van der Waals surface area contributed by atoms with Crippen molar-refractivity contribution in [1.82, 2.24) is 20.3 Å². The first-order valence-corrected chi connectivity index (χ1v) is 15.6. The van der Waals surface area contributed by atoms with E-state index in [1.807, 2.05) is 0 Å². The number of fused-ring (bicyclic) bond motifs is 1. The second kappa shape index (κ2) is 12.4. The van der Waals surface area contributed by atoms with Gasteiger partial charge in [-0.2, -0.15) is 13.2 Å². The number of halogens is 4. The molecule has 1 fully saturated rings. The van der Waals surface area contributed by atoms with E-state index in [9.17, 15) is 21.6 Å². The van der Waals surface area contributed by atoms with Gasteiger partial charge in [0.05, 0.1) is 28.7 Å². The third-order valence-electron chi connectivity index (χ3n) is 7.36. The van der Waals surface area contributed by atoms with E-state index in [4.69, 9.17) is 4.74 Å². The van der Waals surface area contributed by atoms with Crippen molar-refractivity contribution < 1.29 is 30.7 Å². The van der Waals surface area contributed by atoms with Gasteiger partial charge in [-0.1, -0.05) is 19.1 Å². The summed E-state index contributed by atoms with van der Waals surface area (Å²) in [5, 5.41) is 7.30. The van der Waals surface area contributed by atoms with Gasteiger partial charge in [-0.05, 0) is 67.6 Å². The molecule has 0 unspecified atom stereocenters. The lowest BCUT2D eigenvalue weighted by Gasteiger charge is -2.23. The van der Waals surface area contributed by atoms with Crippen LogP contribution in [0.4, 0.5) is 23.5 Å². The van der Waals surface area contributed by atoms with Crippen LogP contribution < -0.4 is 15.4 Å². The standard InChI is InChI=1S/C30H31F4N5O3S/c1-18-7-8-21-22(9-10-25(31)24(21)17-43(40,41)16-19(2)30(32,33)34)27(18)42-28-23(6-4-13-36-28)26-11-14-37-29(39-26)38-20-5-3-12-35-15-20/h4,6-11,13-14,19-20,35H,3,5,12,15-17H2,1-2H3,(H,37,38,39)/t19-,20-/m0/s1. The first-order chi connectivity index (χ1) is 20.4. The zero-order valence-corrected chi connectivity index (χ0v) is 24.4. The Morgan fingerprint density at radius 1 is 1.09 bits per heavy atom. The topological polar surface area (TPSA) is 106 Å². The van der Waals surface area contributed by atoms with Crippen LogP contribution in [0.1, 0.15) is 30.9 Å². The Morgan fingerprint density at radius 3 is 2.63 bits per heavy atom. The number of sulfone groups is 1. The maximum atomic E-state index is 15.0. The Labute approximate surface area is 246 Å². The van der Waals surface area contributed by atoms with E-state index in [0.717, 1.165) is 38.9 Å². The van der Waals surface area contributed by atoms with Gasteiger partial charge in [-0.15, -0.1) is 0 Å². The molecule has 4 aromatic rings. The lowest BCUT2D eigenvalue weighted by atomic mass is 10.0. The minimum Gasteiger partial charge on any atom is -0.437 e. The first kappa shape index (κ1) is 30.6. The van der Waals surface area contributed by atoms with Crippen molar-refractivity contribution in [2.75, 3.05) is 24.2 Å². The number of aromatic nitrogens is 3. The lowest BCUT2D eigenvalue weighted by Crippen LogP contribution is -2.38.